The van der Waals surface area contributed by atoms with E-state index in [2.05, 4.69) is 0 Å². The van der Waals surface area contributed by atoms with Gasteiger partial charge in [0.05, 0.1) is 0 Å². The van der Waals surface area contributed by atoms with Crippen LogP contribution in [0.3, 0.4) is 0 Å². The second-order valence-electron chi connectivity index (χ2n) is 2.69. The minimum atomic E-state index is -0.755. The standard InChI is InChI=1S/C8H12O2/c1-2-7(8(9)10)5-6-3-4-6/h5-6H,2-4H2,1H3,(H,9,10)/b7-5-. The van der Waals surface area contributed by atoms with Crippen LogP contribution in [-0.2, 0) is 4.79 Å². The lowest BCUT2D eigenvalue weighted by molar-refractivity contribution is -0.132. The lowest BCUT2D eigenvalue weighted by Gasteiger charge is -1.94. The molecule has 1 N–H and O–H groups in total. The Morgan fingerprint density at radius 3 is 2.60 bits per heavy atom. The van der Waals surface area contributed by atoms with Crippen LogP contribution in [0.25, 0.3) is 0 Å². The molecule has 1 fully saturated rings. The maximum Gasteiger partial charge on any atom is 0.331 e. The molecule has 2 heteroatoms. The van der Waals surface area contributed by atoms with Gasteiger partial charge < -0.3 is 5.11 Å². The monoisotopic (exact) mass is 140 g/mol. The number of hydrogen-bond donors (Lipinski definition) is 1. The van der Waals surface area contributed by atoms with Gasteiger partial charge in [-0.15, -0.1) is 0 Å². The summed E-state index contributed by atoms with van der Waals surface area (Å²) in [5, 5.41) is 8.58. The molecule has 56 valence electrons. The number of carboxylic acids is 1. The van der Waals surface area contributed by atoms with Gasteiger partial charge in [0.2, 0.25) is 0 Å². The van der Waals surface area contributed by atoms with Crippen LogP contribution in [0.2, 0.25) is 0 Å². The summed E-state index contributed by atoms with van der Waals surface area (Å²) < 4.78 is 0. The van der Waals surface area contributed by atoms with Gasteiger partial charge in [-0.3, -0.25) is 0 Å². The SMILES string of the molecule is CC/C(=C/C1CC1)C(=O)O. The zero-order chi connectivity index (χ0) is 7.56. The van der Waals surface area contributed by atoms with Crippen molar-refractivity contribution in [2.24, 2.45) is 5.92 Å². The summed E-state index contributed by atoms with van der Waals surface area (Å²) in [6.45, 7) is 1.88. The van der Waals surface area contributed by atoms with E-state index in [1.165, 1.54) is 12.8 Å². The molecule has 0 saturated heterocycles. The van der Waals surface area contributed by atoms with Gasteiger partial charge in [0, 0.05) is 5.57 Å². The van der Waals surface area contributed by atoms with Crippen molar-refractivity contribution in [3.05, 3.63) is 11.6 Å². The molecule has 1 rings (SSSR count). The molecule has 0 atom stereocenters. The molecule has 1 saturated carbocycles. The van der Waals surface area contributed by atoms with E-state index >= 15 is 0 Å². The molecule has 0 spiro atoms. The second kappa shape index (κ2) is 2.86. The molecule has 0 aliphatic heterocycles. The van der Waals surface area contributed by atoms with Crippen molar-refractivity contribution in [3.63, 3.8) is 0 Å². The minimum Gasteiger partial charge on any atom is -0.478 e. The third kappa shape index (κ3) is 1.87. The summed E-state index contributed by atoms with van der Waals surface area (Å²) in [4.78, 5) is 10.4. The van der Waals surface area contributed by atoms with Gasteiger partial charge in [0.1, 0.15) is 0 Å². The first kappa shape index (κ1) is 7.32. The summed E-state index contributed by atoms with van der Waals surface area (Å²) in [7, 11) is 0. The largest absolute Gasteiger partial charge is 0.478 e. The predicted octanol–water partition coefficient (Wildman–Crippen LogP) is 1.82. The summed E-state index contributed by atoms with van der Waals surface area (Å²) in [6.07, 6.45) is 4.89. The van der Waals surface area contributed by atoms with Crippen molar-refractivity contribution in [2.75, 3.05) is 0 Å². The lowest BCUT2D eigenvalue weighted by atomic mass is 10.1. The van der Waals surface area contributed by atoms with Crippen LogP contribution in [0.5, 0.6) is 0 Å². The molecule has 0 amide bonds. The Balaban J connectivity index is 2.52. The van der Waals surface area contributed by atoms with Crippen LogP contribution in [-0.4, -0.2) is 11.1 Å². The van der Waals surface area contributed by atoms with Crippen molar-refractivity contribution in [1.29, 1.82) is 0 Å². The number of carboxylic acid groups (broad SMARTS) is 1. The van der Waals surface area contributed by atoms with Gasteiger partial charge in [0.15, 0.2) is 0 Å². The summed E-state index contributed by atoms with van der Waals surface area (Å²) in [5.41, 5.74) is 0.572. The molecule has 0 aromatic rings. The Labute approximate surface area is 60.6 Å². The van der Waals surface area contributed by atoms with Crippen LogP contribution in [0.1, 0.15) is 26.2 Å². The molecule has 0 radical (unpaired) electrons. The molecule has 0 bridgehead atoms. The zero-order valence-corrected chi connectivity index (χ0v) is 6.13. The average Bonchev–Trinajstić information content (AvgIpc) is 2.64. The Bertz CT molecular complexity index is 166. The number of aliphatic carboxylic acids is 1. The molecule has 10 heavy (non-hydrogen) atoms. The fourth-order valence-electron chi connectivity index (χ4n) is 0.888. The van der Waals surface area contributed by atoms with Crippen LogP contribution < -0.4 is 0 Å². The predicted molar refractivity (Wildman–Crippen MR) is 38.7 cm³/mol. The molecule has 0 aromatic heterocycles. The second-order valence-corrected chi connectivity index (χ2v) is 2.69. The highest BCUT2D eigenvalue weighted by molar-refractivity contribution is 5.86. The number of allylic oxidation sites excluding steroid dienone is 1. The highest BCUT2D eigenvalue weighted by Gasteiger charge is 2.20. The van der Waals surface area contributed by atoms with Crippen LogP contribution in [0.4, 0.5) is 0 Å². The Morgan fingerprint density at radius 1 is 1.70 bits per heavy atom. The molecular weight excluding hydrogens is 128 g/mol. The van der Waals surface area contributed by atoms with Crippen molar-refractivity contribution in [3.8, 4) is 0 Å². The number of hydrogen-bond acceptors (Lipinski definition) is 1. The Morgan fingerprint density at radius 2 is 2.30 bits per heavy atom. The van der Waals surface area contributed by atoms with E-state index in [9.17, 15) is 4.79 Å². The normalized spacial score (nSPS) is 19.1. The third-order valence-corrected chi connectivity index (χ3v) is 1.71. The van der Waals surface area contributed by atoms with E-state index in [1.54, 1.807) is 0 Å². The highest BCUT2D eigenvalue weighted by Crippen LogP contribution is 2.31. The maximum atomic E-state index is 10.4. The molecule has 0 aromatic carbocycles. The molecule has 2 nitrogen and oxygen atoms in total. The van der Waals surface area contributed by atoms with E-state index in [0.717, 1.165) is 0 Å². The quantitative estimate of drug-likeness (QED) is 0.607. The fourth-order valence-corrected chi connectivity index (χ4v) is 0.888. The van der Waals surface area contributed by atoms with Crippen molar-refractivity contribution >= 4 is 5.97 Å². The van der Waals surface area contributed by atoms with Crippen molar-refractivity contribution in [2.45, 2.75) is 26.2 Å². The van der Waals surface area contributed by atoms with Crippen molar-refractivity contribution < 1.29 is 9.90 Å². The topological polar surface area (TPSA) is 37.3 Å². The van der Waals surface area contributed by atoms with Gasteiger partial charge >= 0.3 is 5.97 Å². The van der Waals surface area contributed by atoms with Gasteiger partial charge in [-0.2, -0.15) is 0 Å². The van der Waals surface area contributed by atoms with E-state index in [4.69, 9.17) is 5.11 Å². The van der Waals surface area contributed by atoms with Gasteiger partial charge in [-0.05, 0) is 25.2 Å². The Kier molecular flexibility index (Phi) is 2.10. The minimum absolute atomic E-state index is 0.572. The lowest BCUT2D eigenvalue weighted by Crippen LogP contribution is -1.99. The first-order chi connectivity index (χ1) is 4.74. The summed E-state index contributed by atoms with van der Waals surface area (Å²) >= 11 is 0. The van der Waals surface area contributed by atoms with Crippen LogP contribution >= 0.6 is 0 Å². The average molecular weight is 140 g/mol. The van der Waals surface area contributed by atoms with Gasteiger partial charge in [-0.1, -0.05) is 13.0 Å². The Hall–Kier alpha value is -0.790. The third-order valence-electron chi connectivity index (χ3n) is 1.71. The molecular formula is C8H12O2. The van der Waals surface area contributed by atoms with Crippen molar-refractivity contribution in [1.82, 2.24) is 0 Å². The van der Waals surface area contributed by atoms with E-state index in [-0.39, 0.29) is 0 Å². The molecule has 0 unspecified atom stereocenters. The molecule has 1 aliphatic rings. The van der Waals surface area contributed by atoms with Crippen LogP contribution in [0.15, 0.2) is 11.6 Å². The summed E-state index contributed by atoms with van der Waals surface area (Å²) in [6, 6.07) is 0. The number of rotatable bonds is 3. The number of carbonyl (C=O) groups is 1. The molecule has 0 heterocycles. The first-order valence-corrected chi connectivity index (χ1v) is 3.68. The van der Waals surface area contributed by atoms with E-state index in [0.29, 0.717) is 17.9 Å². The van der Waals surface area contributed by atoms with E-state index < -0.39 is 5.97 Å². The smallest absolute Gasteiger partial charge is 0.331 e. The zero-order valence-electron chi connectivity index (χ0n) is 6.13. The maximum absolute atomic E-state index is 10.4. The van der Waals surface area contributed by atoms with E-state index in [1.807, 2.05) is 13.0 Å². The summed E-state index contributed by atoms with van der Waals surface area (Å²) in [5.74, 6) is -0.180. The fraction of sp³-hybridized carbons (Fsp3) is 0.625. The highest BCUT2D eigenvalue weighted by atomic mass is 16.4. The first-order valence-electron chi connectivity index (χ1n) is 3.68. The van der Waals surface area contributed by atoms with Crippen LogP contribution in [0, 0.1) is 5.92 Å². The van der Waals surface area contributed by atoms with Gasteiger partial charge in [-0.25, -0.2) is 4.79 Å². The van der Waals surface area contributed by atoms with Gasteiger partial charge in [0.25, 0.3) is 0 Å². The molecule has 1 aliphatic carbocycles.